The van der Waals surface area contributed by atoms with Gasteiger partial charge in [0.05, 0.1) is 0 Å². The van der Waals surface area contributed by atoms with Gasteiger partial charge in [-0.25, -0.2) is 4.39 Å². The van der Waals surface area contributed by atoms with E-state index in [1.54, 1.807) is 6.07 Å². The Morgan fingerprint density at radius 3 is 3.05 bits per heavy atom. The summed E-state index contributed by atoms with van der Waals surface area (Å²) in [7, 11) is 0. The lowest BCUT2D eigenvalue weighted by Gasteiger charge is -2.32. The number of likely N-dealkylation sites (tertiary alicyclic amines) is 1. The normalized spacial score (nSPS) is 20.3. The predicted molar refractivity (Wildman–Crippen MR) is 80.3 cm³/mol. The lowest BCUT2D eigenvalue weighted by atomic mass is 9.95. The van der Waals surface area contributed by atoms with Crippen molar-refractivity contribution in [3.05, 3.63) is 35.6 Å². The number of rotatable bonds is 5. The summed E-state index contributed by atoms with van der Waals surface area (Å²) < 4.78 is 13.2. The second-order valence-corrected chi connectivity index (χ2v) is 6.17. The number of halogens is 1. The third-order valence-corrected chi connectivity index (χ3v) is 4.13. The highest BCUT2D eigenvalue weighted by atomic mass is 19.1. The fourth-order valence-electron chi connectivity index (χ4n) is 3.01. The summed E-state index contributed by atoms with van der Waals surface area (Å²) in [6, 6.07) is 6.56. The van der Waals surface area contributed by atoms with E-state index in [1.807, 2.05) is 17.9 Å². The number of benzene rings is 1. The van der Waals surface area contributed by atoms with E-state index in [9.17, 15) is 14.3 Å². The van der Waals surface area contributed by atoms with Gasteiger partial charge >= 0.3 is 0 Å². The molecule has 0 spiro atoms. The minimum atomic E-state index is -0.229. The van der Waals surface area contributed by atoms with Crippen LogP contribution in [-0.2, 0) is 11.2 Å². The van der Waals surface area contributed by atoms with Gasteiger partial charge in [0, 0.05) is 26.1 Å². The first-order valence-electron chi connectivity index (χ1n) is 7.71. The summed E-state index contributed by atoms with van der Waals surface area (Å²) in [4.78, 5) is 14.2. The second kappa shape index (κ2) is 7.55. The number of carbonyl (C=O) groups excluding carboxylic acids is 1. The van der Waals surface area contributed by atoms with Crippen molar-refractivity contribution in [2.75, 3.05) is 19.7 Å². The molecule has 2 rings (SSSR count). The van der Waals surface area contributed by atoms with E-state index in [-0.39, 0.29) is 30.2 Å². The number of carbonyl (C=O) groups is 1. The van der Waals surface area contributed by atoms with E-state index in [2.05, 4.69) is 0 Å². The molecule has 4 heteroatoms. The molecular formula is C17H24FNO2. The lowest BCUT2D eigenvalue weighted by Crippen LogP contribution is -2.41. The van der Waals surface area contributed by atoms with Gasteiger partial charge in [-0.1, -0.05) is 19.1 Å². The fourth-order valence-corrected chi connectivity index (χ4v) is 3.01. The first-order chi connectivity index (χ1) is 10.1. The van der Waals surface area contributed by atoms with Crippen LogP contribution in [0.15, 0.2) is 24.3 Å². The Labute approximate surface area is 125 Å². The average molecular weight is 293 g/mol. The fraction of sp³-hybridized carbons (Fsp3) is 0.588. The van der Waals surface area contributed by atoms with Crippen molar-refractivity contribution in [3.8, 4) is 0 Å². The molecule has 0 aliphatic carbocycles. The van der Waals surface area contributed by atoms with Gasteiger partial charge in [-0.05, 0) is 48.8 Å². The summed E-state index contributed by atoms with van der Waals surface area (Å²) in [5.74, 6) is 0.333. The SMILES string of the molecule is CC(CC(=O)N1CCCC(CO)C1)Cc1cccc(F)c1. The van der Waals surface area contributed by atoms with Crippen LogP contribution in [0.4, 0.5) is 4.39 Å². The molecular weight excluding hydrogens is 269 g/mol. The summed E-state index contributed by atoms with van der Waals surface area (Å²) >= 11 is 0. The van der Waals surface area contributed by atoms with Crippen molar-refractivity contribution in [2.24, 2.45) is 11.8 Å². The molecule has 1 aliphatic heterocycles. The monoisotopic (exact) mass is 293 g/mol. The predicted octanol–water partition coefficient (Wildman–Crippen LogP) is 2.63. The van der Waals surface area contributed by atoms with Crippen molar-refractivity contribution in [2.45, 2.75) is 32.6 Å². The molecule has 21 heavy (non-hydrogen) atoms. The Hall–Kier alpha value is -1.42. The highest BCUT2D eigenvalue weighted by Crippen LogP contribution is 2.19. The van der Waals surface area contributed by atoms with Crippen LogP contribution in [0.25, 0.3) is 0 Å². The maximum atomic E-state index is 13.2. The molecule has 1 amide bonds. The molecule has 0 aromatic heterocycles. The molecule has 1 saturated heterocycles. The molecule has 116 valence electrons. The summed E-state index contributed by atoms with van der Waals surface area (Å²) in [6.07, 6.45) is 3.16. The first kappa shape index (κ1) is 16.0. The van der Waals surface area contributed by atoms with Crippen LogP contribution in [0, 0.1) is 17.7 Å². The molecule has 0 saturated carbocycles. The van der Waals surface area contributed by atoms with Crippen molar-refractivity contribution in [1.82, 2.24) is 4.90 Å². The van der Waals surface area contributed by atoms with Gasteiger partial charge in [0.1, 0.15) is 5.82 Å². The van der Waals surface area contributed by atoms with Crippen molar-refractivity contribution < 1.29 is 14.3 Å². The molecule has 1 heterocycles. The maximum absolute atomic E-state index is 13.2. The zero-order valence-corrected chi connectivity index (χ0v) is 12.6. The van der Waals surface area contributed by atoms with Crippen LogP contribution in [0.5, 0.6) is 0 Å². The Morgan fingerprint density at radius 1 is 1.52 bits per heavy atom. The molecule has 0 bridgehead atoms. The van der Waals surface area contributed by atoms with Gasteiger partial charge in [0.2, 0.25) is 5.91 Å². The molecule has 0 radical (unpaired) electrons. The van der Waals surface area contributed by atoms with E-state index >= 15 is 0 Å². The molecule has 1 aromatic rings. The van der Waals surface area contributed by atoms with Crippen molar-refractivity contribution in [3.63, 3.8) is 0 Å². The number of amides is 1. The Balaban J connectivity index is 1.84. The van der Waals surface area contributed by atoms with E-state index in [1.165, 1.54) is 12.1 Å². The van der Waals surface area contributed by atoms with Gasteiger partial charge in [-0.3, -0.25) is 4.79 Å². The number of hydrogen-bond donors (Lipinski definition) is 1. The van der Waals surface area contributed by atoms with E-state index < -0.39 is 0 Å². The molecule has 1 aromatic carbocycles. The third kappa shape index (κ3) is 4.81. The highest BCUT2D eigenvalue weighted by molar-refractivity contribution is 5.76. The topological polar surface area (TPSA) is 40.5 Å². The highest BCUT2D eigenvalue weighted by Gasteiger charge is 2.24. The molecule has 2 atom stereocenters. The number of aliphatic hydroxyl groups excluding tert-OH is 1. The zero-order chi connectivity index (χ0) is 15.2. The number of nitrogens with zero attached hydrogens (tertiary/aromatic N) is 1. The smallest absolute Gasteiger partial charge is 0.222 e. The van der Waals surface area contributed by atoms with E-state index in [0.717, 1.165) is 24.9 Å². The maximum Gasteiger partial charge on any atom is 0.222 e. The number of piperidine rings is 1. The molecule has 1 aliphatic rings. The lowest BCUT2D eigenvalue weighted by molar-refractivity contribution is -0.134. The molecule has 1 fully saturated rings. The number of hydrogen-bond acceptors (Lipinski definition) is 2. The molecule has 2 unspecified atom stereocenters. The Kier molecular flexibility index (Phi) is 5.74. The van der Waals surface area contributed by atoms with Gasteiger partial charge in [0.15, 0.2) is 0 Å². The van der Waals surface area contributed by atoms with Gasteiger partial charge in [-0.15, -0.1) is 0 Å². The van der Waals surface area contributed by atoms with E-state index in [0.29, 0.717) is 19.4 Å². The zero-order valence-electron chi connectivity index (χ0n) is 12.6. The largest absolute Gasteiger partial charge is 0.396 e. The van der Waals surface area contributed by atoms with Crippen LogP contribution >= 0.6 is 0 Å². The molecule has 1 N–H and O–H groups in total. The quantitative estimate of drug-likeness (QED) is 0.906. The van der Waals surface area contributed by atoms with Crippen LogP contribution in [-0.4, -0.2) is 35.6 Å². The summed E-state index contributed by atoms with van der Waals surface area (Å²) in [6.45, 7) is 3.64. The van der Waals surface area contributed by atoms with Crippen LogP contribution in [0.1, 0.15) is 31.7 Å². The minimum Gasteiger partial charge on any atom is -0.396 e. The Morgan fingerprint density at radius 2 is 2.33 bits per heavy atom. The summed E-state index contributed by atoms with van der Waals surface area (Å²) in [5.41, 5.74) is 0.933. The van der Waals surface area contributed by atoms with Crippen molar-refractivity contribution in [1.29, 1.82) is 0 Å². The summed E-state index contributed by atoms with van der Waals surface area (Å²) in [5, 5.41) is 9.22. The Bertz CT molecular complexity index is 478. The van der Waals surface area contributed by atoms with Crippen LogP contribution < -0.4 is 0 Å². The van der Waals surface area contributed by atoms with Crippen LogP contribution in [0.3, 0.4) is 0 Å². The second-order valence-electron chi connectivity index (χ2n) is 6.17. The average Bonchev–Trinajstić information content (AvgIpc) is 2.47. The minimum absolute atomic E-state index is 0.150. The van der Waals surface area contributed by atoms with E-state index in [4.69, 9.17) is 0 Å². The van der Waals surface area contributed by atoms with Crippen molar-refractivity contribution >= 4 is 5.91 Å². The molecule has 3 nitrogen and oxygen atoms in total. The third-order valence-electron chi connectivity index (χ3n) is 4.13. The van der Waals surface area contributed by atoms with Gasteiger partial charge < -0.3 is 10.0 Å². The standard InChI is InChI=1S/C17H24FNO2/c1-13(8-14-4-2-6-16(18)10-14)9-17(21)19-7-3-5-15(11-19)12-20/h2,4,6,10,13,15,20H,3,5,7-9,11-12H2,1H3. The van der Waals surface area contributed by atoms with Gasteiger partial charge in [-0.2, -0.15) is 0 Å². The van der Waals surface area contributed by atoms with Gasteiger partial charge in [0.25, 0.3) is 0 Å². The first-order valence-corrected chi connectivity index (χ1v) is 7.71. The van der Waals surface area contributed by atoms with Crippen LogP contribution in [0.2, 0.25) is 0 Å². The number of aliphatic hydroxyl groups is 1.